The molecule has 0 saturated carbocycles. The van der Waals surface area contributed by atoms with Crippen molar-refractivity contribution in [1.82, 2.24) is 4.90 Å². The van der Waals surface area contributed by atoms with Gasteiger partial charge in [0.25, 0.3) is 0 Å². The third-order valence-corrected chi connectivity index (χ3v) is 3.65. The number of amides is 1. The van der Waals surface area contributed by atoms with Gasteiger partial charge in [-0.15, -0.1) is 0 Å². The Kier molecular flexibility index (Phi) is 5.01. The molecule has 4 nitrogen and oxygen atoms in total. The van der Waals surface area contributed by atoms with E-state index in [0.717, 1.165) is 17.7 Å². The number of benzene rings is 1. The molecule has 1 aromatic carbocycles. The average molecular weight is 276 g/mol. The Labute approximate surface area is 120 Å². The summed E-state index contributed by atoms with van der Waals surface area (Å²) in [7, 11) is 0. The van der Waals surface area contributed by atoms with Crippen molar-refractivity contribution in [3.05, 3.63) is 29.8 Å². The first kappa shape index (κ1) is 14.9. The number of fused-ring (bicyclic) bond motifs is 1. The lowest BCUT2D eigenvalue weighted by molar-refractivity contribution is -0.136. The molecule has 2 rings (SSSR count). The summed E-state index contributed by atoms with van der Waals surface area (Å²) in [6.45, 7) is 6.44. The zero-order valence-corrected chi connectivity index (χ0v) is 12.3. The predicted octanol–water partition coefficient (Wildman–Crippen LogP) is 2.03. The topological polar surface area (TPSA) is 55.6 Å². The highest BCUT2D eigenvalue weighted by atomic mass is 16.5. The number of hydrogen-bond acceptors (Lipinski definition) is 3. The molecule has 20 heavy (non-hydrogen) atoms. The van der Waals surface area contributed by atoms with E-state index >= 15 is 0 Å². The minimum atomic E-state index is -0.0831. The monoisotopic (exact) mass is 276 g/mol. The van der Waals surface area contributed by atoms with Crippen LogP contribution < -0.4 is 10.5 Å². The predicted molar refractivity (Wildman–Crippen MR) is 79.4 cm³/mol. The van der Waals surface area contributed by atoms with E-state index < -0.39 is 0 Å². The molecule has 0 aliphatic carbocycles. The zero-order valence-electron chi connectivity index (χ0n) is 12.3. The van der Waals surface area contributed by atoms with Gasteiger partial charge in [-0.1, -0.05) is 32.0 Å². The van der Waals surface area contributed by atoms with Gasteiger partial charge in [0.1, 0.15) is 12.4 Å². The summed E-state index contributed by atoms with van der Waals surface area (Å²) in [6, 6.07) is 7.90. The summed E-state index contributed by atoms with van der Waals surface area (Å²) in [5.41, 5.74) is 6.85. The number of hydrogen-bond donors (Lipinski definition) is 1. The molecule has 1 aromatic rings. The molecular formula is C16H24N2O2. The molecule has 0 radical (unpaired) electrons. The molecule has 2 N–H and O–H groups in total. The van der Waals surface area contributed by atoms with E-state index in [1.165, 1.54) is 0 Å². The van der Waals surface area contributed by atoms with Crippen molar-refractivity contribution in [3.8, 4) is 5.75 Å². The molecule has 1 heterocycles. The summed E-state index contributed by atoms with van der Waals surface area (Å²) in [5, 5.41) is 0. The summed E-state index contributed by atoms with van der Waals surface area (Å²) in [5.74, 6) is 1.43. The highest BCUT2D eigenvalue weighted by Gasteiger charge is 2.26. The number of para-hydroxylation sites is 1. The van der Waals surface area contributed by atoms with Gasteiger partial charge in [-0.2, -0.15) is 0 Å². The lowest BCUT2D eigenvalue weighted by Gasteiger charge is -2.26. The zero-order chi connectivity index (χ0) is 14.5. The fourth-order valence-corrected chi connectivity index (χ4v) is 2.64. The van der Waals surface area contributed by atoms with E-state index in [4.69, 9.17) is 10.5 Å². The van der Waals surface area contributed by atoms with Crippen molar-refractivity contribution >= 4 is 5.91 Å². The Morgan fingerprint density at radius 1 is 1.40 bits per heavy atom. The van der Waals surface area contributed by atoms with E-state index in [0.29, 0.717) is 32.2 Å². The van der Waals surface area contributed by atoms with Crippen LogP contribution >= 0.6 is 0 Å². The first-order valence-corrected chi connectivity index (χ1v) is 7.31. The molecule has 0 fully saturated rings. The van der Waals surface area contributed by atoms with Crippen LogP contribution in [0.4, 0.5) is 0 Å². The summed E-state index contributed by atoms with van der Waals surface area (Å²) < 4.78 is 5.70. The summed E-state index contributed by atoms with van der Waals surface area (Å²) in [4.78, 5) is 14.5. The van der Waals surface area contributed by atoms with Crippen LogP contribution in [0.2, 0.25) is 0 Å². The van der Waals surface area contributed by atoms with Gasteiger partial charge in [-0.25, -0.2) is 0 Å². The van der Waals surface area contributed by atoms with Gasteiger partial charge >= 0.3 is 0 Å². The summed E-state index contributed by atoms with van der Waals surface area (Å²) >= 11 is 0. The standard InChI is InChI=1S/C16H24N2O2/c1-12(2)9-14(10-17)16(19)18-7-8-20-15-6-4-3-5-13(15)11-18/h3-6,12,14H,7-11,17H2,1-2H3. The van der Waals surface area contributed by atoms with Gasteiger partial charge in [-0.05, 0) is 18.4 Å². The average Bonchev–Trinajstić information content (AvgIpc) is 2.65. The second-order valence-electron chi connectivity index (χ2n) is 5.78. The van der Waals surface area contributed by atoms with Crippen molar-refractivity contribution in [2.75, 3.05) is 19.7 Å². The number of carbonyl (C=O) groups excluding carboxylic acids is 1. The van der Waals surface area contributed by atoms with Crippen LogP contribution in [0.15, 0.2) is 24.3 Å². The normalized spacial score (nSPS) is 16.3. The molecule has 110 valence electrons. The van der Waals surface area contributed by atoms with Gasteiger partial charge < -0.3 is 15.4 Å². The van der Waals surface area contributed by atoms with E-state index in [1.807, 2.05) is 29.2 Å². The fourth-order valence-electron chi connectivity index (χ4n) is 2.64. The highest BCUT2D eigenvalue weighted by Crippen LogP contribution is 2.24. The molecule has 1 aliphatic rings. The first-order chi connectivity index (χ1) is 9.61. The number of rotatable bonds is 4. The number of carbonyl (C=O) groups is 1. The molecular weight excluding hydrogens is 252 g/mol. The number of nitrogens with zero attached hydrogens (tertiary/aromatic N) is 1. The van der Waals surface area contributed by atoms with Gasteiger partial charge in [0.15, 0.2) is 0 Å². The fraction of sp³-hybridized carbons (Fsp3) is 0.562. The molecule has 4 heteroatoms. The SMILES string of the molecule is CC(C)CC(CN)C(=O)N1CCOc2ccccc2C1. The maximum absolute atomic E-state index is 12.6. The number of nitrogens with two attached hydrogens (primary N) is 1. The van der Waals surface area contributed by atoms with Crippen LogP contribution in [0, 0.1) is 11.8 Å². The van der Waals surface area contributed by atoms with Gasteiger partial charge in [0.05, 0.1) is 12.5 Å². The van der Waals surface area contributed by atoms with Crippen molar-refractivity contribution < 1.29 is 9.53 Å². The van der Waals surface area contributed by atoms with Crippen molar-refractivity contribution in [2.45, 2.75) is 26.8 Å². The molecule has 0 aromatic heterocycles. The maximum Gasteiger partial charge on any atom is 0.227 e. The van der Waals surface area contributed by atoms with Crippen LogP contribution in [0.1, 0.15) is 25.8 Å². The van der Waals surface area contributed by atoms with Gasteiger partial charge in [0, 0.05) is 18.7 Å². The molecule has 1 atom stereocenters. The van der Waals surface area contributed by atoms with Crippen LogP contribution in [-0.2, 0) is 11.3 Å². The van der Waals surface area contributed by atoms with Gasteiger partial charge in [0.2, 0.25) is 5.91 Å². The van der Waals surface area contributed by atoms with E-state index in [1.54, 1.807) is 0 Å². The third kappa shape index (κ3) is 3.51. The second kappa shape index (κ2) is 6.75. The van der Waals surface area contributed by atoms with Gasteiger partial charge in [-0.3, -0.25) is 4.79 Å². The Morgan fingerprint density at radius 3 is 2.85 bits per heavy atom. The van der Waals surface area contributed by atoms with Crippen molar-refractivity contribution in [1.29, 1.82) is 0 Å². The van der Waals surface area contributed by atoms with Crippen LogP contribution in [-0.4, -0.2) is 30.5 Å². The minimum absolute atomic E-state index is 0.0831. The number of ether oxygens (including phenoxy) is 1. The van der Waals surface area contributed by atoms with Crippen LogP contribution in [0.3, 0.4) is 0 Å². The smallest absolute Gasteiger partial charge is 0.227 e. The molecule has 1 amide bonds. The Morgan fingerprint density at radius 2 is 2.15 bits per heavy atom. The van der Waals surface area contributed by atoms with Crippen LogP contribution in [0.25, 0.3) is 0 Å². The molecule has 0 spiro atoms. The molecule has 1 unspecified atom stereocenters. The lowest BCUT2D eigenvalue weighted by Crippen LogP contribution is -2.40. The summed E-state index contributed by atoms with van der Waals surface area (Å²) in [6.07, 6.45) is 0.842. The first-order valence-electron chi connectivity index (χ1n) is 7.31. The minimum Gasteiger partial charge on any atom is -0.491 e. The largest absolute Gasteiger partial charge is 0.491 e. The highest BCUT2D eigenvalue weighted by molar-refractivity contribution is 5.79. The second-order valence-corrected chi connectivity index (χ2v) is 5.78. The van der Waals surface area contributed by atoms with E-state index in [-0.39, 0.29) is 11.8 Å². The molecule has 0 bridgehead atoms. The van der Waals surface area contributed by atoms with E-state index in [2.05, 4.69) is 13.8 Å². The molecule has 1 aliphatic heterocycles. The lowest BCUT2D eigenvalue weighted by atomic mass is 9.95. The quantitative estimate of drug-likeness (QED) is 0.915. The van der Waals surface area contributed by atoms with Crippen molar-refractivity contribution in [2.24, 2.45) is 17.6 Å². The Hall–Kier alpha value is -1.55. The maximum atomic E-state index is 12.6. The Balaban J connectivity index is 2.10. The molecule has 0 saturated heterocycles. The Bertz CT molecular complexity index is 460. The third-order valence-electron chi connectivity index (χ3n) is 3.65. The van der Waals surface area contributed by atoms with Crippen molar-refractivity contribution in [3.63, 3.8) is 0 Å². The van der Waals surface area contributed by atoms with E-state index in [9.17, 15) is 4.79 Å². The van der Waals surface area contributed by atoms with Crippen LogP contribution in [0.5, 0.6) is 5.75 Å².